The second-order valence-corrected chi connectivity index (χ2v) is 5.56. The highest BCUT2D eigenvalue weighted by molar-refractivity contribution is 5.64. The molecule has 0 unspecified atom stereocenters. The van der Waals surface area contributed by atoms with Crippen molar-refractivity contribution in [3.05, 3.63) is 28.3 Å². The maximum absolute atomic E-state index is 10.7. The molecule has 0 saturated heterocycles. The first-order valence-electron chi connectivity index (χ1n) is 6.32. The number of aryl methyl sites for hydroxylation is 1. The van der Waals surface area contributed by atoms with Crippen molar-refractivity contribution in [3.63, 3.8) is 0 Å². The molecule has 0 bridgehead atoms. The molecule has 0 aromatic heterocycles. The van der Waals surface area contributed by atoms with Gasteiger partial charge in [-0.25, -0.2) is 4.79 Å². The molecule has 0 aliphatic rings. The molecule has 0 fully saturated rings. The van der Waals surface area contributed by atoms with Crippen molar-refractivity contribution >= 4 is 6.09 Å². The SMILES string of the molecule is COc1cc(C)c(C(C)(C)CNC(=O)O)c(C)c1C. The summed E-state index contributed by atoms with van der Waals surface area (Å²) in [6, 6.07) is 2.01. The average Bonchev–Trinajstić information content (AvgIpc) is 2.31. The van der Waals surface area contributed by atoms with Crippen LogP contribution < -0.4 is 10.1 Å². The van der Waals surface area contributed by atoms with Gasteiger partial charge in [0.25, 0.3) is 0 Å². The van der Waals surface area contributed by atoms with Crippen LogP contribution in [0.1, 0.15) is 36.1 Å². The molecular weight excluding hydrogens is 242 g/mol. The summed E-state index contributed by atoms with van der Waals surface area (Å²) >= 11 is 0. The first kappa shape index (κ1) is 15.3. The monoisotopic (exact) mass is 265 g/mol. The lowest BCUT2D eigenvalue weighted by atomic mass is 9.78. The number of amides is 1. The highest BCUT2D eigenvalue weighted by Gasteiger charge is 2.26. The summed E-state index contributed by atoms with van der Waals surface area (Å²) in [7, 11) is 1.66. The maximum Gasteiger partial charge on any atom is 0.404 e. The molecule has 0 saturated carbocycles. The largest absolute Gasteiger partial charge is 0.496 e. The van der Waals surface area contributed by atoms with E-state index in [0.29, 0.717) is 6.54 Å². The van der Waals surface area contributed by atoms with Crippen molar-refractivity contribution in [2.75, 3.05) is 13.7 Å². The van der Waals surface area contributed by atoms with Crippen LogP contribution in [0.25, 0.3) is 0 Å². The first-order valence-corrected chi connectivity index (χ1v) is 6.32. The van der Waals surface area contributed by atoms with E-state index in [-0.39, 0.29) is 5.41 Å². The molecule has 4 nitrogen and oxygen atoms in total. The number of hydrogen-bond donors (Lipinski definition) is 2. The van der Waals surface area contributed by atoms with Crippen LogP contribution in [0.3, 0.4) is 0 Å². The summed E-state index contributed by atoms with van der Waals surface area (Å²) in [6.45, 7) is 10.6. The van der Waals surface area contributed by atoms with Crippen molar-refractivity contribution in [2.24, 2.45) is 0 Å². The molecule has 1 aromatic carbocycles. The number of carboxylic acid groups (broad SMARTS) is 1. The Morgan fingerprint density at radius 2 is 1.89 bits per heavy atom. The molecule has 4 heteroatoms. The lowest BCUT2D eigenvalue weighted by Crippen LogP contribution is -2.37. The van der Waals surface area contributed by atoms with Crippen molar-refractivity contribution in [1.29, 1.82) is 0 Å². The van der Waals surface area contributed by atoms with E-state index in [4.69, 9.17) is 9.84 Å². The standard InChI is InChI=1S/C15H23NO3/c1-9-7-12(19-6)10(2)11(3)13(9)15(4,5)8-16-14(17)18/h7,16H,8H2,1-6H3,(H,17,18). The van der Waals surface area contributed by atoms with Gasteiger partial charge >= 0.3 is 6.09 Å². The van der Waals surface area contributed by atoms with E-state index in [0.717, 1.165) is 22.4 Å². The number of nitrogens with one attached hydrogen (secondary N) is 1. The highest BCUT2D eigenvalue weighted by atomic mass is 16.5. The van der Waals surface area contributed by atoms with Crippen molar-refractivity contribution in [2.45, 2.75) is 40.0 Å². The number of carbonyl (C=O) groups is 1. The van der Waals surface area contributed by atoms with Gasteiger partial charge in [-0.05, 0) is 49.1 Å². The Morgan fingerprint density at radius 1 is 1.32 bits per heavy atom. The predicted octanol–water partition coefficient (Wildman–Crippen LogP) is 3.17. The minimum Gasteiger partial charge on any atom is -0.496 e. The third kappa shape index (κ3) is 3.19. The van der Waals surface area contributed by atoms with Crippen LogP contribution in [-0.4, -0.2) is 24.9 Å². The highest BCUT2D eigenvalue weighted by Crippen LogP contribution is 2.35. The molecule has 106 valence electrons. The van der Waals surface area contributed by atoms with Gasteiger partial charge < -0.3 is 15.2 Å². The molecular formula is C15H23NO3. The zero-order valence-electron chi connectivity index (χ0n) is 12.5. The minimum absolute atomic E-state index is 0.260. The number of hydrogen-bond acceptors (Lipinski definition) is 2. The number of methoxy groups -OCH3 is 1. The van der Waals surface area contributed by atoms with Crippen molar-refractivity contribution in [3.8, 4) is 5.75 Å². The van der Waals surface area contributed by atoms with Crippen LogP contribution in [-0.2, 0) is 5.41 Å². The Labute approximate surface area is 114 Å². The van der Waals surface area contributed by atoms with Gasteiger partial charge in [0.15, 0.2) is 0 Å². The topological polar surface area (TPSA) is 58.6 Å². The number of ether oxygens (including phenoxy) is 1. The van der Waals surface area contributed by atoms with E-state index < -0.39 is 6.09 Å². The maximum atomic E-state index is 10.7. The van der Waals surface area contributed by atoms with Crippen molar-refractivity contribution in [1.82, 2.24) is 5.32 Å². The van der Waals surface area contributed by atoms with Crippen LogP contribution in [0.4, 0.5) is 4.79 Å². The summed E-state index contributed by atoms with van der Waals surface area (Å²) in [5.74, 6) is 0.876. The third-order valence-electron chi connectivity index (χ3n) is 3.63. The first-order chi connectivity index (χ1) is 8.70. The normalized spacial score (nSPS) is 11.3. The molecule has 2 N–H and O–H groups in total. The quantitative estimate of drug-likeness (QED) is 0.879. The van der Waals surface area contributed by atoms with Crippen LogP contribution in [0.15, 0.2) is 6.07 Å². The lowest BCUT2D eigenvalue weighted by molar-refractivity contribution is 0.191. The van der Waals surface area contributed by atoms with Crippen LogP contribution >= 0.6 is 0 Å². The molecule has 0 aliphatic carbocycles. The molecule has 0 heterocycles. The number of benzene rings is 1. The van der Waals surface area contributed by atoms with Gasteiger partial charge in [0, 0.05) is 12.0 Å². The van der Waals surface area contributed by atoms with Gasteiger partial charge in [-0.3, -0.25) is 0 Å². The molecule has 1 rings (SSSR count). The average molecular weight is 265 g/mol. The van der Waals surface area contributed by atoms with E-state index in [2.05, 4.69) is 12.2 Å². The lowest BCUT2D eigenvalue weighted by Gasteiger charge is -2.30. The number of rotatable bonds is 4. The Balaban J connectivity index is 3.26. The molecule has 0 aliphatic heterocycles. The van der Waals surface area contributed by atoms with Gasteiger partial charge in [-0.1, -0.05) is 13.8 Å². The molecule has 0 atom stereocenters. The molecule has 1 aromatic rings. The fourth-order valence-corrected chi connectivity index (χ4v) is 2.68. The Kier molecular flexibility index (Phi) is 4.45. The van der Waals surface area contributed by atoms with Crippen LogP contribution in [0, 0.1) is 20.8 Å². The fourth-order valence-electron chi connectivity index (χ4n) is 2.68. The zero-order valence-corrected chi connectivity index (χ0v) is 12.5. The summed E-state index contributed by atoms with van der Waals surface area (Å²) in [6.07, 6.45) is -0.992. The van der Waals surface area contributed by atoms with Crippen LogP contribution in [0.2, 0.25) is 0 Å². The summed E-state index contributed by atoms with van der Waals surface area (Å²) in [4.78, 5) is 10.7. The van der Waals surface area contributed by atoms with Crippen molar-refractivity contribution < 1.29 is 14.6 Å². The predicted molar refractivity (Wildman–Crippen MR) is 76.3 cm³/mol. The summed E-state index contributed by atoms with van der Waals surface area (Å²) in [5, 5.41) is 11.2. The van der Waals surface area contributed by atoms with Gasteiger partial charge in [-0.2, -0.15) is 0 Å². The molecule has 0 radical (unpaired) electrons. The van der Waals surface area contributed by atoms with Gasteiger partial charge in [0.05, 0.1) is 7.11 Å². The van der Waals surface area contributed by atoms with Gasteiger partial charge in [0.2, 0.25) is 0 Å². The van der Waals surface area contributed by atoms with E-state index in [1.807, 2.05) is 33.8 Å². The van der Waals surface area contributed by atoms with Gasteiger partial charge in [-0.15, -0.1) is 0 Å². The summed E-state index contributed by atoms with van der Waals surface area (Å²) < 4.78 is 5.36. The molecule has 0 spiro atoms. The van der Waals surface area contributed by atoms with E-state index >= 15 is 0 Å². The van der Waals surface area contributed by atoms with Gasteiger partial charge in [0.1, 0.15) is 5.75 Å². The minimum atomic E-state index is -0.992. The Hall–Kier alpha value is -1.71. The van der Waals surface area contributed by atoms with E-state index in [9.17, 15) is 4.79 Å². The smallest absolute Gasteiger partial charge is 0.404 e. The van der Waals surface area contributed by atoms with E-state index in [1.165, 1.54) is 5.56 Å². The summed E-state index contributed by atoms with van der Waals surface area (Å²) in [5.41, 5.74) is 4.31. The Bertz CT molecular complexity index is 493. The van der Waals surface area contributed by atoms with Crippen LogP contribution in [0.5, 0.6) is 5.75 Å². The Morgan fingerprint density at radius 3 is 2.37 bits per heavy atom. The second kappa shape index (κ2) is 5.51. The molecule has 1 amide bonds. The van der Waals surface area contributed by atoms with E-state index in [1.54, 1.807) is 7.11 Å². The second-order valence-electron chi connectivity index (χ2n) is 5.56. The third-order valence-corrected chi connectivity index (χ3v) is 3.63. The fraction of sp³-hybridized carbons (Fsp3) is 0.533. The molecule has 19 heavy (non-hydrogen) atoms. The zero-order chi connectivity index (χ0) is 14.8.